The van der Waals surface area contributed by atoms with Crippen LogP contribution in [0.1, 0.15) is 16.2 Å². The fourth-order valence-corrected chi connectivity index (χ4v) is 1.59. The third-order valence-electron chi connectivity index (χ3n) is 2.19. The number of H-pyrrole nitrogens is 1. The molecule has 2 aromatic heterocycles. The van der Waals surface area contributed by atoms with Crippen LogP contribution < -0.4 is 5.32 Å². The number of carbonyl (C=O) groups is 1. The van der Waals surface area contributed by atoms with Crippen molar-refractivity contribution in [2.24, 2.45) is 0 Å². The van der Waals surface area contributed by atoms with Crippen LogP contribution in [0.2, 0.25) is 5.15 Å². The first kappa shape index (κ1) is 12.9. The summed E-state index contributed by atoms with van der Waals surface area (Å²) in [5.41, 5.74) is -0.691. The van der Waals surface area contributed by atoms with Gasteiger partial charge < -0.3 is 5.32 Å². The lowest BCUT2D eigenvalue weighted by atomic mass is 10.2. The highest BCUT2D eigenvalue weighted by Crippen LogP contribution is 2.25. The summed E-state index contributed by atoms with van der Waals surface area (Å²) in [5.74, 6) is -0.219. The topological polar surface area (TPSA) is 127 Å². The molecule has 10 heteroatoms. The van der Waals surface area contributed by atoms with Gasteiger partial charge in [0.15, 0.2) is 0 Å². The number of carbonyl (C=O) groups excluding carboxylic acids is 1. The third-order valence-corrected chi connectivity index (χ3v) is 2.46. The van der Waals surface area contributed by atoms with E-state index in [-0.39, 0.29) is 17.3 Å². The maximum Gasteiger partial charge on any atom is 0.319 e. The van der Waals surface area contributed by atoms with Gasteiger partial charge in [0, 0.05) is 6.20 Å². The highest BCUT2D eigenvalue weighted by atomic mass is 35.5. The molecule has 2 heterocycles. The molecule has 0 saturated carbocycles. The molecule has 0 saturated heterocycles. The van der Waals surface area contributed by atoms with Crippen LogP contribution in [-0.2, 0) is 6.54 Å². The number of aromatic nitrogens is 4. The van der Waals surface area contributed by atoms with Crippen molar-refractivity contribution >= 4 is 23.2 Å². The van der Waals surface area contributed by atoms with E-state index in [0.717, 1.165) is 0 Å². The molecule has 0 unspecified atom stereocenters. The Hall–Kier alpha value is -2.55. The summed E-state index contributed by atoms with van der Waals surface area (Å²) < 4.78 is 0. The zero-order valence-corrected chi connectivity index (χ0v) is 10.1. The number of nitro groups is 1. The number of aromatic amines is 1. The van der Waals surface area contributed by atoms with Gasteiger partial charge in [-0.3, -0.25) is 20.0 Å². The van der Waals surface area contributed by atoms with Crippen LogP contribution in [0.5, 0.6) is 0 Å². The first-order valence-electron chi connectivity index (χ1n) is 5.01. The Balaban J connectivity index is 2.19. The molecule has 2 rings (SSSR count). The van der Waals surface area contributed by atoms with Gasteiger partial charge in [-0.15, -0.1) is 0 Å². The van der Waals surface area contributed by atoms with Crippen molar-refractivity contribution in [3.63, 3.8) is 0 Å². The third kappa shape index (κ3) is 2.83. The van der Waals surface area contributed by atoms with E-state index in [4.69, 9.17) is 11.6 Å². The Morgan fingerprint density at radius 1 is 1.53 bits per heavy atom. The summed E-state index contributed by atoms with van der Waals surface area (Å²) in [7, 11) is 0. The number of nitrogens with zero attached hydrogens (tertiary/aromatic N) is 4. The zero-order chi connectivity index (χ0) is 13.8. The minimum absolute atomic E-state index is 0.0654. The second-order valence-electron chi connectivity index (χ2n) is 3.37. The van der Waals surface area contributed by atoms with Crippen molar-refractivity contribution in [3.05, 3.63) is 45.2 Å². The molecule has 0 radical (unpaired) electrons. The number of halogens is 1. The van der Waals surface area contributed by atoms with Crippen molar-refractivity contribution in [2.45, 2.75) is 6.54 Å². The SMILES string of the molecule is O=C(NCc1ncn[nH]1)c1ccnc(Cl)c1[N+](=O)[O-]. The van der Waals surface area contributed by atoms with Gasteiger partial charge in [0.1, 0.15) is 17.7 Å². The fourth-order valence-electron chi connectivity index (χ4n) is 1.36. The van der Waals surface area contributed by atoms with Gasteiger partial charge in [-0.2, -0.15) is 5.10 Å². The molecule has 0 atom stereocenters. The lowest BCUT2D eigenvalue weighted by Crippen LogP contribution is -2.24. The minimum atomic E-state index is -0.751. The molecule has 19 heavy (non-hydrogen) atoms. The van der Waals surface area contributed by atoms with E-state index < -0.39 is 16.5 Å². The zero-order valence-electron chi connectivity index (χ0n) is 9.33. The predicted molar refractivity (Wildman–Crippen MR) is 63.5 cm³/mol. The van der Waals surface area contributed by atoms with E-state index in [9.17, 15) is 14.9 Å². The number of amides is 1. The van der Waals surface area contributed by atoms with E-state index in [1.165, 1.54) is 18.6 Å². The minimum Gasteiger partial charge on any atom is -0.345 e. The Morgan fingerprint density at radius 3 is 2.95 bits per heavy atom. The van der Waals surface area contributed by atoms with Gasteiger partial charge in [-0.25, -0.2) is 9.97 Å². The maximum absolute atomic E-state index is 11.9. The quantitative estimate of drug-likeness (QED) is 0.482. The van der Waals surface area contributed by atoms with Gasteiger partial charge >= 0.3 is 5.69 Å². The van der Waals surface area contributed by atoms with E-state index in [0.29, 0.717) is 5.82 Å². The highest BCUT2D eigenvalue weighted by Gasteiger charge is 2.24. The van der Waals surface area contributed by atoms with Crippen molar-refractivity contribution in [1.82, 2.24) is 25.5 Å². The van der Waals surface area contributed by atoms with Gasteiger partial charge in [0.25, 0.3) is 5.91 Å². The normalized spacial score (nSPS) is 10.2. The molecule has 2 N–H and O–H groups in total. The smallest absolute Gasteiger partial charge is 0.319 e. The van der Waals surface area contributed by atoms with Crippen molar-refractivity contribution < 1.29 is 9.72 Å². The Kier molecular flexibility index (Phi) is 3.66. The van der Waals surface area contributed by atoms with Crippen LogP contribution in [-0.4, -0.2) is 31.0 Å². The number of rotatable bonds is 4. The second kappa shape index (κ2) is 5.40. The van der Waals surface area contributed by atoms with Gasteiger partial charge in [-0.1, -0.05) is 11.6 Å². The average Bonchev–Trinajstić information content (AvgIpc) is 2.88. The summed E-state index contributed by atoms with van der Waals surface area (Å²) >= 11 is 5.61. The maximum atomic E-state index is 11.9. The van der Waals surface area contributed by atoms with E-state index >= 15 is 0 Å². The summed E-state index contributed by atoms with van der Waals surface area (Å²) in [6.07, 6.45) is 2.51. The van der Waals surface area contributed by atoms with Gasteiger partial charge in [0.05, 0.1) is 11.5 Å². The van der Waals surface area contributed by atoms with Crippen molar-refractivity contribution in [2.75, 3.05) is 0 Å². The van der Waals surface area contributed by atoms with Crippen LogP contribution in [0.4, 0.5) is 5.69 Å². The van der Waals surface area contributed by atoms with Crippen LogP contribution in [0.25, 0.3) is 0 Å². The standard InChI is InChI=1S/C9H7ClN6O3/c10-8-7(16(18)19)5(1-2-11-8)9(17)12-3-6-13-4-14-15-6/h1-2,4H,3H2,(H,12,17)(H,13,14,15). The van der Waals surface area contributed by atoms with Gasteiger partial charge in [0.2, 0.25) is 5.15 Å². The molecule has 98 valence electrons. The lowest BCUT2D eigenvalue weighted by Gasteiger charge is -2.04. The number of pyridine rings is 1. The average molecular weight is 283 g/mol. The van der Waals surface area contributed by atoms with E-state index in [2.05, 4.69) is 25.5 Å². The summed E-state index contributed by atoms with van der Waals surface area (Å²) in [4.78, 5) is 29.3. The molecule has 0 fully saturated rings. The van der Waals surface area contributed by atoms with Crippen LogP contribution in [0.3, 0.4) is 0 Å². The molecule has 0 aliphatic heterocycles. The molecule has 2 aromatic rings. The predicted octanol–water partition coefficient (Wildman–Crippen LogP) is 0.691. The van der Waals surface area contributed by atoms with E-state index in [1.54, 1.807) is 0 Å². The molecule has 0 aliphatic rings. The van der Waals surface area contributed by atoms with Gasteiger partial charge in [-0.05, 0) is 6.07 Å². The monoisotopic (exact) mass is 282 g/mol. The first-order chi connectivity index (χ1) is 9.09. The molecule has 0 aliphatic carbocycles. The molecule has 0 aromatic carbocycles. The second-order valence-corrected chi connectivity index (χ2v) is 3.73. The van der Waals surface area contributed by atoms with Crippen molar-refractivity contribution in [1.29, 1.82) is 0 Å². The molecule has 0 spiro atoms. The Bertz CT molecular complexity index is 614. The fraction of sp³-hybridized carbons (Fsp3) is 0.111. The first-order valence-corrected chi connectivity index (χ1v) is 5.38. The summed E-state index contributed by atoms with van der Waals surface area (Å²) in [6, 6.07) is 1.22. The molecule has 9 nitrogen and oxygen atoms in total. The van der Waals surface area contributed by atoms with Crippen LogP contribution >= 0.6 is 11.6 Å². The summed E-state index contributed by atoms with van der Waals surface area (Å²) in [6.45, 7) is 0.0654. The molecule has 1 amide bonds. The number of hydrogen-bond acceptors (Lipinski definition) is 6. The van der Waals surface area contributed by atoms with E-state index in [1.807, 2.05) is 0 Å². The number of hydrogen-bond donors (Lipinski definition) is 2. The number of nitrogens with one attached hydrogen (secondary N) is 2. The van der Waals surface area contributed by atoms with Crippen LogP contribution in [0.15, 0.2) is 18.6 Å². The van der Waals surface area contributed by atoms with Crippen molar-refractivity contribution in [3.8, 4) is 0 Å². The largest absolute Gasteiger partial charge is 0.345 e. The Labute approximate surface area is 111 Å². The van der Waals surface area contributed by atoms with Crippen LogP contribution in [0, 0.1) is 10.1 Å². The molecular formula is C9H7ClN6O3. The molecule has 0 bridgehead atoms. The lowest BCUT2D eigenvalue weighted by molar-refractivity contribution is -0.385. The molecular weight excluding hydrogens is 276 g/mol. The highest BCUT2D eigenvalue weighted by molar-refractivity contribution is 6.32. The summed E-state index contributed by atoms with van der Waals surface area (Å²) in [5, 5.41) is 19.1. The Morgan fingerprint density at radius 2 is 2.32 bits per heavy atom.